The van der Waals surface area contributed by atoms with Gasteiger partial charge in [0.25, 0.3) is 0 Å². The lowest BCUT2D eigenvalue weighted by Gasteiger charge is -2.31. The molecule has 5 heteroatoms. The molecule has 5 nitrogen and oxygen atoms in total. The fourth-order valence-corrected chi connectivity index (χ4v) is 5.10. The molecular formula is C24H34N4O. The van der Waals surface area contributed by atoms with Crippen LogP contribution in [0.2, 0.25) is 0 Å². The molecule has 2 aromatic rings. The molecule has 1 aliphatic carbocycles. The van der Waals surface area contributed by atoms with Gasteiger partial charge in [-0.2, -0.15) is 5.10 Å². The molecule has 2 aliphatic rings. The van der Waals surface area contributed by atoms with Crippen molar-refractivity contribution < 1.29 is 4.79 Å². The van der Waals surface area contributed by atoms with Gasteiger partial charge in [0.15, 0.2) is 0 Å². The maximum atomic E-state index is 12.1. The maximum Gasteiger partial charge on any atom is 0.224 e. The number of benzene rings is 1. The lowest BCUT2D eigenvalue weighted by molar-refractivity contribution is -0.126. The number of carbonyl (C=O) groups is 1. The average molecular weight is 395 g/mol. The van der Waals surface area contributed by atoms with Gasteiger partial charge in [-0.3, -0.25) is 14.4 Å². The minimum Gasteiger partial charge on any atom is -0.359 e. The zero-order chi connectivity index (χ0) is 20.2. The number of amides is 1. The van der Waals surface area contributed by atoms with Crippen LogP contribution in [-0.2, 0) is 18.4 Å². The summed E-state index contributed by atoms with van der Waals surface area (Å²) in [4.78, 5) is 14.5. The number of carbonyl (C=O) groups excluding carboxylic acids is 1. The number of piperidine rings is 1. The van der Waals surface area contributed by atoms with Crippen LogP contribution < -0.4 is 5.32 Å². The fraction of sp³-hybridized carbons (Fsp3) is 0.583. The molecule has 2 heterocycles. The predicted octanol–water partition coefficient (Wildman–Crippen LogP) is 4.09. The van der Waals surface area contributed by atoms with E-state index in [1.807, 2.05) is 11.7 Å². The van der Waals surface area contributed by atoms with Crippen LogP contribution in [0.5, 0.6) is 0 Å². The minimum atomic E-state index is 0.101. The molecule has 1 amide bonds. The average Bonchev–Trinajstić information content (AvgIpc) is 3.14. The first-order chi connectivity index (χ1) is 14.1. The van der Waals surface area contributed by atoms with E-state index in [1.54, 1.807) is 7.05 Å². The molecule has 0 unspecified atom stereocenters. The fourth-order valence-electron chi connectivity index (χ4n) is 5.10. The van der Waals surface area contributed by atoms with Gasteiger partial charge in [0.2, 0.25) is 5.91 Å². The monoisotopic (exact) mass is 394 g/mol. The van der Waals surface area contributed by atoms with E-state index >= 15 is 0 Å². The molecule has 1 aromatic carbocycles. The van der Waals surface area contributed by atoms with E-state index in [4.69, 9.17) is 5.10 Å². The third kappa shape index (κ3) is 4.72. The van der Waals surface area contributed by atoms with Crippen LogP contribution in [0.3, 0.4) is 0 Å². The summed E-state index contributed by atoms with van der Waals surface area (Å²) in [5.74, 6) is 0.999. The largest absolute Gasteiger partial charge is 0.359 e. The number of hydrogen-bond donors (Lipinski definition) is 1. The third-order valence-electron chi connectivity index (χ3n) is 6.68. The third-order valence-corrected chi connectivity index (χ3v) is 6.68. The van der Waals surface area contributed by atoms with Gasteiger partial charge in [0.05, 0.1) is 11.6 Å². The number of nitrogens with zero attached hydrogens (tertiary/aromatic N) is 3. The molecule has 1 saturated carbocycles. The van der Waals surface area contributed by atoms with E-state index in [1.165, 1.54) is 48.8 Å². The van der Waals surface area contributed by atoms with Crippen molar-refractivity contribution in [3.8, 4) is 11.3 Å². The summed E-state index contributed by atoms with van der Waals surface area (Å²) in [6.07, 6.45) is 11.0. The number of hydrogen-bond acceptors (Lipinski definition) is 3. The molecule has 1 N–H and O–H groups in total. The summed E-state index contributed by atoms with van der Waals surface area (Å²) in [6, 6.07) is 9.12. The van der Waals surface area contributed by atoms with Crippen molar-refractivity contribution in [2.75, 3.05) is 20.1 Å². The molecule has 2 fully saturated rings. The van der Waals surface area contributed by atoms with Crippen LogP contribution in [0.1, 0.15) is 62.0 Å². The minimum absolute atomic E-state index is 0.101. The van der Waals surface area contributed by atoms with E-state index in [9.17, 15) is 4.79 Å². The molecule has 0 radical (unpaired) electrons. The molecule has 1 saturated heterocycles. The van der Waals surface area contributed by atoms with E-state index in [0.717, 1.165) is 44.1 Å². The second-order valence-electron chi connectivity index (χ2n) is 8.82. The molecule has 1 atom stereocenters. The zero-order valence-corrected chi connectivity index (χ0v) is 17.9. The number of aryl methyl sites for hydroxylation is 1. The Morgan fingerprint density at radius 2 is 1.86 bits per heavy atom. The predicted molar refractivity (Wildman–Crippen MR) is 117 cm³/mol. The van der Waals surface area contributed by atoms with E-state index < -0.39 is 0 Å². The summed E-state index contributed by atoms with van der Waals surface area (Å²) >= 11 is 0. The van der Waals surface area contributed by atoms with Crippen LogP contribution in [0, 0.1) is 5.92 Å². The summed E-state index contributed by atoms with van der Waals surface area (Å²) in [6.45, 7) is 2.72. The highest BCUT2D eigenvalue weighted by Crippen LogP contribution is 2.34. The second kappa shape index (κ2) is 9.12. The normalized spacial score (nSPS) is 21.2. The Morgan fingerprint density at radius 1 is 1.10 bits per heavy atom. The summed E-state index contributed by atoms with van der Waals surface area (Å²) in [5.41, 5.74) is 5.00. The number of nitrogens with one attached hydrogen (secondary N) is 1. The number of likely N-dealkylation sites (tertiary alicyclic amines) is 1. The van der Waals surface area contributed by atoms with Gasteiger partial charge in [0.1, 0.15) is 0 Å². The SMILES string of the molecule is CNC(=O)[C@H]1CCCN(Cc2cn(C)nc2-c2ccc(C3CCCCC3)cc2)C1. The Bertz CT molecular complexity index is 820. The Morgan fingerprint density at radius 3 is 2.59 bits per heavy atom. The Kier molecular flexibility index (Phi) is 6.34. The molecule has 29 heavy (non-hydrogen) atoms. The van der Waals surface area contributed by atoms with Gasteiger partial charge < -0.3 is 5.32 Å². The topological polar surface area (TPSA) is 50.2 Å². The first-order valence-corrected chi connectivity index (χ1v) is 11.2. The van der Waals surface area contributed by atoms with Gasteiger partial charge in [-0.15, -0.1) is 0 Å². The lowest BCUT2D eigenvalue weighted by atomic mass is 9.84. The maximum absolute atomic E-state index is 12.1. The Balaban J connectivity index is 1.48. The lowest BCUT2D eigenvalue weighted by Crippen LogP contribution is -2.41. The smallest absolute Gasteiger partial charge is 0.224 e. The molecule has 1 aromatic heterocycles. The summed E-state index contributed by atoms with van der Waals surface area (Å²) in [7, 11) is 3.73. The number of rotatable bonds is 5. The molecular weight excluding hydrogens is 360 g/mol. The highest BCUT2D eigenvalue weighted by atomic mass is 16.1. The van der Waals surface area contributed by atoms with Crippen molar-refractivity contribution >= 4 is 5.91 Å². The van der Waals surface area contributed by atoms with Crippen molar-refractivity contribution in [2.24, 2.45) is 13.0 Å². The van der Waals surface area contributed by atoms with Crippen molar-refractivity contribution in [3.63, 3.8) is 0 Å². The first-order valence-electron chi connectivity index (χ1n) is 11.2. The highest BCUT2D eigenvalue weighted by molar-refractivity contribution is 5.78. The van der Waals surface area contributed by atoms with E-state index in [2.05, 4.69) is 40.7 Å². The van der Waals surface area contributed by atoms with Gasteiger partial charge in [-0.05, 0) is 43.7 Å². The van der Waals surface area contributed by atoms with E-state index in [-0.39, 0.29) is 11.8 Å². The van der Waals surface area contributed by atoms with Gasteiger partial charge in [-0.1, -0.05) is 43.5 Å². The first kappa shape index (κ1) is 20.1. The van der Waals surface area contributed by atoms with Crippen LogP contribution in [-0.4, -0.2) is 40.7 Å². The molecule has 156 valence electrons. The van der Waals surface area contributed by atoms with Gasteiger partial charge >= 0.3 is 0 Å². The summed E-state index contributed by atoms with van der Waals surface area (Å²) < 4.78 is 1.92. The molecule has 0 bridgehead atoms. The van der Waals surface area contributed by atoms with Crippen molar-refractivity contribution in [1.29, 1.82) is 0 Å². The van der Waals surface area contributed by atoms with E-state index in [0.29, 0.717) is 0 Å². The highest BCUT2D eigenvalue weighted by Gasteiger charge is 2.26. The molecule has 0 spiro atoms. The standard InChI is InChI=1S/C24H34N4O/c1-25-24(29)21-9-6-14-28(16-21)17-22-15-27(2)26-23(22)20-12-10-19(11-13-20)18-7-4-3-5-8-18/h10-13,15,18,21H,3-9,14,16-17H2,1-2H3,(H,25,29)/t21-/m0/s1. The Hall–Kier alpha value is -2.14. The van der Waals surface area contributed by atoms with Crippen molar-refractivity contribution in [1.82, 2.24) is 20.0 Å². The van der Waals surface area contributed by atoms with Crippen LogP contribution in [0.15, 0.2) is 30.5 Å². The number of aromatic nitrogens is 2. The van der Waals surface area contributed by atoms with Crippen LogP contribution >= 0.6 is 0 Å². The Labute approximate surface area is 174 Å². The van der Waals surface area contributed by atoms with Crippen molar-refractivity contribution in [2.45, 2.75) is 57.4 Å². The van der Waals surface area contributed by atoms with Gasteiger partial charge in [-0.25, -0.2) is 0 Å². The van der Waals surface area contributed by atoms with Gasteiger partial charge in [0, 0.05) is 44.5 Å². The zero-order valence-electron chi connectivity index (χ0n) is 17.9. The second-order valence-corrected chi connectivity index (χ2v) is 8.82. The quantitative estimate of drug-likeness (QED) is 0.831. The van der Waals surface area contributed by atoms with Crippen LogP contribution in [0.25, 0.3) is 11.3 Å². The molecule has 1 aliphatic heterocycles. The molecule has 4 rings (SSSR count). The summed E-state index contributed by atoms with van der Waals surface area (Å²) in [5, 5.41) is 7.58. The van der Waals surface area contributed by atoms with Crippen molar-refractivity contribution in [3.05, 3.63) is 41.6 Å². The van der Waals surface area contributed by atoms with Crippen LogP contribution in [0.4, 0.5) is 0 Å².